The molecule has 0 radical (unpaired) electrons. The van der Waals surface area contributed by atoms with E-state index in [0.717, 1.165) is 32.7 Å². The van der Waals surface area contributed by atoms with E-state index in [1.165, 1.54) is 16.8 Å². The van der Waals surface area contributed by atoms with Gasteiger partial charge in [0.15, 0.2) is 0 Å². The Kier molecular flexibility index (Phi) is 7.48. The first kappa shape index (κ1) is 26.6. The number of rotatable bonds is 7. The molecule has 0 saturated carbocycles. The maximum Gasteiger partial charge on any atom is 0.282 e. The van der Waals surface area contributed by atoms with Crippen LogP contribution < -0.4 is 10.3 Å². The fourth-order valence-corrected chi connectivity index (χ4v) is 4.93. The minimum atomic E-state index is -0.278. The van der Waals surface area contributed by atoms with Gasteiger partial charge in [-0.1, -0.05) is 41.9 Å². The number of halogens is 2. The number of fused-ring (bicyclic) bond motifs is 1. The summed E-state index contributed by atoms with van der Waals surface area (Å²) in [6.07, 6.45) is 1.72. The highest BCUT2D eigenvalue weighted by atomic mass is 79.9. The first-order valence-electron chi connectivity index (χ1n) is 12.6. The van der Waals surface area contributed by atoms with Crippen LogP contribution in [0.5, 0.6) is 5.75 Å². The Bertz CT molecular complexity index is 1750. The maximum absolute atomic E-state index is 13.4. The van der Waals surface area contributed by atoms with Crippen molar-refractivity contribution in [2.24, 2.45) is 5.10 Å². The molecule has 0 amide bonds. The van der Waals surface area contributed by atoms with Crippen molar-refractivity contribution in [1.29, 1.82) is 0 Å². The smallest absolute Gasteiger partial charge is 0.282 e. The molecule has 0 aliphatic rings. The van der Waals surface area contributed by atoms with Crippen LogP contribution in [0.4, 0.5) is 4.39 Å². The van der Waals surface area contributed by atoms with E-state index in [9.17, 15) is 9.18 Å². The van der Waals surface area contributed by atoms with Crippen molar-refractivity contribution in [3.8, 4) is 11.4 Å². The van der Waals surface area contributed by atoms with Gasteiger partial charge in [0, 0.05) is 33.0 Å². The molecule has 0 aliphatic heterocycles. The fourth-order valence-electron chi connectivity index (χ4n) is 4.57. The molecule has 0 N–H and O–H groups in total. The molecule has 0 fully saturated rings. The Morgan fingerprint density at radius 1 is 1.05 bits per heavy atom. The van der Waals surface area contributed by atoms with Crippen LogP contribution in [0.3, 0.4) is 0 Å². The van der Waals surface area contributed by atoms with Crippen LogP contribution in [0, 0.1) is 19.7 Å². The predicted octanol–water partition coefficient (Wildman–Crippen LogP) is 7.29. The van der Waals surface area contributed by atoms with Crippen LogP contribution in [0.2, 0.25) is 0 Å². The summed E-state index contributed by atoms with van der Waals surface area (Å²) in [5.41, 5.74) is 5.10. The van der Waals surface area contributed by atoms with E-state index in [4.69, 9.17) is 9.72 Å². The van der Waals surface area contributed by atoms with Gasteiger partial charge in [-0.3, -0.25) is 4.79 Å². The number of benzene rings is 3. The van der Waals surface area contributed by atoms with Crippen LogP contribution in [-0.4, -0.2) is 20.4 Å². The third-order valence-electron chi connectivity index (χ3n) is 6.52. The van der Waals surface area contributed by atoms with Crippen molar-refractivity contribution in [2.45, 2.75) is 40.2 Å². The molecule has 0 atom stereocenters. The molecule has 2 aromatic heterocycles. The van der Waals surface area contributed by atoms with Gasteiger partial charge in [-0.15, -0.1) is 0 Å². The first-order valence-corrected chi connectivity index (χ1v) is 13.4. The molecule has 3 aromatic carbocycles. The average Bonchev–Trinajstić information content (AvgIpc) is 3.20. The normalized spacial score (nSPS) is 11.7. The molecule has 0 spiro atoms. The van der Waals surface area contributed by atoms with Gasteiger partial charge in [-0.05, 0) is 80.1 Å². The molecule has 2 heterocycles. The molecular formula is C31H28BrFN4O2. The lowest BCUT2D eigenvalue weighted by molar-refractivity contribution is 0.305. The average molecular weight is 587 g/mol. The molecule has 5 rings (SSSR count). The molecule has 5 aromatic rings. The van der Waals surface area contributed by atoms with Crippen LogP contribution in [0.1, 0.15) is 48.1 Å². The zero-order valence-electron chi connectivity index (χ0n) is 22.2. The zero-order chi connectivity index (χ0) is 27.7. The Morgan fingerprint density at radius 2 is 1.82 bits per heavy atom. The number of hydrogen-bond acceptors (Lipinski definition) is 4. The lowest BCUT2D eigenvalue weighted by Gasteiger charge is -2.12. The summed E-state index contributed by atoms with van der Waals surface area (Å²) in [5, 5.41) is 5.11. The van der Waals surface area contributed by atoms with E-state index >= 15 is 0 Å². The Labute approximate surface area is 234 Å². The quantitative estimate of drug-likeness (QED) is 0.188. The standard InChI is InChI=1S/C31H28BrFN4O2/c1-19(2)30-35-29-13-8-24(32)16-28(29)31(38)37(30)34-17-23-14-20(3)36(21(23)4)26-9-11-27(12-10-26)39-18-22-6-5-7-25(33)15-22/h5-17,19H,18H2,1-4H3. The van der Waals surface area contributed by atoms with E-state index in [-0.39, 0.29) is 23.9 Å². The predicted molar refractivity (Wildman–Crippen MR) is 157 cm³/mol. The number of aryl methyl sites for hydroxylation is 1. The van der Waals surface area contributed by atoms with Crippen molar-refractivity contribution in [3.63, 3.8) is 0 Å². The highest BCUT2D eigenvalue weighted by molar-refractivity contribution is 9.10. The third-order valence-corrected chi connectivity index (χ3v) is 7.02. The second-order valence-electron chi connectivity index (χ2n) is 9.72. The summed E-state index contributed by atoms with van der Waals surface area (Å²) in [6, 6.07) is 21.7. The number of nitrogens with zero attached hydrogens (tertiary/aromatic N) is 4. The zero-order valence-corrected chi connectivity index (χ0v) is 23.7. The summed E-state index contributed by atoms with van der Waals surface area (Å²) in [7, 11) is 0. The molecule has 0 unspecified atom stereocenters. The van der Waals surface area contributed by atoms with Gasteiger partial charge < -0.3 is 9.30 Å². The van der Waals surface area contributed by atoms with Crippen LogP contribution in [0.25, 0.3) is 16.6 Å². The van der Waals surface area contributed by atoms with Gasteiger partial charge in [0.25, 0.3) is 5.56 Å². The lowest BCUT2D eigenvalue weighted by atomic mass is 10.2. The first-order chi connectivity index (χ1) is 18.7. The second kappa shape index (κ2) is 11.0. The van der Waals surface area contributed by atoms with Crippen molar-refractivity contribution < 1.29 is 9.13 Å². The lowest BCUT2D eigenvalue weighted by Crippen LogP contribution is -2.23. The van der Waals surface area contributed by atoms with E-state index < -0.39 is 0 Å². The minimum Gasteiger partial charge on any atom is -0.489 e. The third kappa shape index (κ3) is 5.56. The fraction of sp³-hybridized carbons (Fsp3) is 0.194. The van der Waals surface area contributed by atoms with Gasteiger partial charge in [-0.25, -0.2) is 9.37 Å². The molecule has 0 aliphatic carbocycles. The minimum absolute atomic E-state index is 0.0111. The molecule has 8 heteroatoms. The van der Waals surface area contributed by atoms with Gasteiger partial charge in [-0.2, -0.15) is 9.78 Å². The van der Waals surface area contributed by atoms with E-state index in [0.29, 0.717) is 22.5 Å². The van der Waals surface area contributed by atoms with Gasteiger partial charge in [0.05, 0.1) is 17.1 Å². The molecule has 0 bridgehead atoms. The Balaban J connectivity index is 1.42. The van der Waals surface area contributed by atoms with Crippen LogP contribution >= 0.6 is 15.9 Å². The number of hydrogen-bond donors (Lipinski definition) is 0. The van der Waals surface area contributed by atoms with Crippen molar-refractivity contribution in [3.05, 3.63) is 122 Å². The van der Waals surface area contributed by atoms with Gasteiger partial charge >= 0.3 is 0 Å². The Hall–Kier alpha value is -4.04. The van der Waals surface area contributed by atoms with Crippen molar-refractivity contribution in [2.75, 3.05) is 0 Å². The van der Waals surface area contributed by atoms with Crippen molar-refractivity contribution in [1.82, 2.24) is 14.2 Å². The number of ether oxygens (including phenoxy) is 1. The van der Waals surface area contributed by atoms with E-state index in [2.05, 4.69) is 25.6 Å². The molecule has 0 saturated heterocycles. The van der Waals surface area contributed by atoms with Crippen LogP contribution in [-0.2, 0) is 6.61 Å². The van der Waals surface area contributed by atoms with Crippen LogP contribution in [0.15, 0.2) is 87.2 Å². The summed E-state index contributed by atoms with van der Waals surface area (Å²) < 4.78 is 23.6. The van der Waals surface area contributed by atoms with E-state index in [1.54, 1.807) is 18.3 Å². The molecule has 39 heavy (non-hydrogen) atoms. The molecule has 6 nitrogen and oxygen atoms in total. The SMILES string of the molecule is Cc1cc(C=Nn2c(C(C)C)nc3ccc(Br)cc3c2=O)c(C)n1-c1ccc(OCc2cccc(F)c2)cc1. The maximum atomic E-state index is 13.4. The second-order valence-corrected chi connectivity index (χ2v) is 10.6. The van der Waals surface area contributed by atoms with Gasteiger partial charge in [0.1, 0.15) is 24.0 Å². The van der Waals surface area contributed by atoms with Crippen molar-refractivity contribution >= 4 is 33.0 Å². The van der Waals surface area contributed by atoms with E-state index in [1.807, 2.05) is 76.2 Å². The van der Waals surface area contributed by atoms with Gasteiger partial charge in [0.2, 0.25) is 0 Å². The molecule has 198 valence electrons. The highest BCUT2D eigenvalue weighted by Crippen LogP contribution is 2.23. The summed E-state index contributed by atoms with van der Waals surface area (Å²) in [6.45, 7) is 8.33. The largest absolute Gasteiger partial charge is 0.489 e. The summed E-state index contributed by atoms with van der Waals surface area (Å²) >= 11 is 3.44. The summed E-state index contributed by atoms with van der Waals surface area (Å²) in [5.74, 6) is 1.04. The molecular weight excluding hydrogens is 559 g/mol. The summed E-state index contributed by atoms with van der Waals surface area (Å²) in [4.78, 5) is 18.1. The topological polar surface area (TPSA) is 61.4 Å². The number of aromatic nitrogens is 3. The highest BCUT2D eigenvalue weighted by Gasteiger charge is 2.15. The monoisotopic (exact) mass is 586 g/mol. The Morgan fingerprint density at radius 3 is 2.54 bits per heavy atom.